The lowest BCUT2D eigenvalue weighted by atomic mass is 10.2. The van der Waals surface area contributed by atoms with Crippen molar-refractivity contribution in [3.8, 4) is 17.2 Å². The number of hydrogen-bond donors (Lipinski definition) is 1. The van der Waals surface area contributed by atoms with Gasteiger partial charge in [-0.3, -0.25) is 0 Å². The standard InChI is InChI=1S/C15H8F3NO4/c16-15(17,18)23-10-3-1-2-8(6-10)13-19-11-7-9(14(20)21)4-5-12(11)22-13/h1-7H,(H,20,21). The van der Waals surface area contributed by atoms with Gasteiger partial charge in [0.15, 0.2) is 5.58 Å². The normalized spacial score (nSPS) is 11.6. The van der Waals surface area contributed by atoms with Crippen LogP contribution in [0.15, 0.2) is 46.9 Å². The molecule has 0 spiro atoms. The number of carbonyl (C=O) groups is 1. The molecule has 0 fully saturated rings. The number of rotatable bonds is 3. The van der Waals surface area contributed by atoms with E-state index in [1.54, 1.807) is 0 Å². The summed E-state index contributed by atoms with van der Waals surface area (Å²) in [7, 11) is 0. The van der Waals surface area contributed by atoms with Crippen LogP contribution in [0.1, 0.15) is 10.4 Å². The minimum Gasteiger partial charge on any atom is -0.478 e. The average Bonchev–Trinajstić information content (AvgIpc) is 2.88. The van der Waals surface area contributed by atoms with Crippen molar-refractivity contribution in [2.45, 2.75) is 6.36 Å². The molecule has 0 saturated carbocycles. The summed E-state index contributed by atoms with van der Waals surface area (Å²) in [5.74, 6) is -1.45. The van der Waals surface area contributed by atoms with E-state index in [1.807, 2.05) is 0 Å². The molecule has 0 aliphatic rings. The molecule has 0 aliphatic heterocycles. The van der Waals surface area contributed by atoms with E-state index in [1.165, 1.54) is 30.3 Å². The van der Waals surface area contributed by atoms with Gasteiger partial charge in [-0.1, -0.05) is 6.07 Å². The second kappa shape index (κ2) is 5.31. The maximum Gasteiger partial charge on any atom is 0.573 e. The van der Waals surface area contributed by atoms with Gasteiger partial charge in [-0.05, 0) is 36.4 Å². The molecule has 3 rings (SSSR count). The third-order valence-electron chi connectivity index (χ3n) is 2.95. The zero-order chi connectivity index (χ0) is 16.6. The van der Waals surface area contributed by atoms with Gasteiger partial charge in [0.2, 0.25) is 5.89 Å². The van der Waals surface area contributed by atoms with Crippen LogP contribution in [0.25, 0.3) is 22.6 Å². The maximum atomic E-state index is 12.2. The zero-order valence-corrected chi connectivity index (χ0v) is 11.3. The molecular weight excluding hydrogens is 315 g/mol. The summed E-state index contributed by atoms with van der Waals surface area (Å²) in [6, 6.07) is 9.27. The van der Waals surface area contributed by atoms with E-state index in [-0.39, 0.29) is 17.0 Å². The van der Waals surface area contributed by atoms with Crippen LogP contribution in [0.5, 0.6) is 5.75 Å². The second-order valence-corrected chi connectivity index (χ2v) is 4.58. The maximum absolute atomic E-state index is 12.2. The van der Waals surface area contributed by atoms with Gasteiger partial charge in [0.1, 0.15) is 11.3 Å². The van der Waals surface area contributed by atoms with E-state index in [4.69, 9.17) is 9.52 Å². The molecule has 118 valence electrons. The summed E-state index contributed by atoms with van der Waals surface area (Å²) in [6.07, 6.45) is -4.80. The summed E-state index contributed by atoms with van der Waals surface area (Å²) in [5, 5.41) is 8.93. The zero-order valence-electron chi connectivity index (χ0n) is 11.3. The van der Waals surface area contributed by atoms with Gasteiger partial charge in [0.05, 0.1) is 5.56 Å². The van der Waals surface area contributed by atoms with Gasteiger partial charge < -0.3 is 14.3 Å². The van der Waals surface area contributed by atoms with Crippen LogP contribution in [0.4, 0.5) is 13.2 Å². The Labute approximate surface area is 126 Å². The summed E-state index contributed by atoms with van der Waals surface area (Å²) in [6.45, 7) is 0. The Bertz CT molecular complexity index is 886. The summed E-state index contributed by atoms with van der Waals surface area (Å²) < 4.78 is 46.0. The number of hydrogen-bond acceptors (Lipinski definition) is 4. The Hall–Kier alpha value is -3.03. The Kier molecular flexibility index (Phi) is 3.44. The molecule has 1 N–H and O–H groups in total. The SMILES string of the molecule is O=C(O)c1ccc2oc(-c3cccc(OC(F)(F)F)c3)nc2c1. The Morgan fingerprint density at radius 3 is 2.65 bits per heavy atom. The van der Waals surface area contributed by atoms with Crippen LogP contribution >= 0.6 is 0 Å². The van der Waals surface area contributed by atoms with Crippen molar-refractivity contribution in [2.24, 2.45) is 0 Å². The highest BCUT2D eigenvalue weighted by molar-refractivity contribution is 5.92. The Morgan fingerprint density at radius 1 is 1.17 bits per heavy atom. The first kappa shape index (κ1) is 14.9. The number of carboxylic acids is 1. The van der Waals surface area contributed by atoms with Crippen LogP contribution < -0.4 is 4.74 Å². The van der Waals surface area contributed by atoms with E-state index in [0.717, 1.165) is 12.1 Å². The van der Waals surface area contributed by atoms with Crippen molar-refractivity contribution in [3.63, 3.8) is 0 Å². The van der Waals surface area contributed by atoms with Crippen LogP contribution in [-0.2, 0) is 0 Å². The summed E-state index contributed by atoms with van der Waals surface area (Å²) in [4.78, 5) is 15.0. The van der Waals surface area contributed by atoms with Crippen molar-refractivity contribution in [3.05, 3.63) is 48.0 Å². The largest absolute Gasteiger partial charge is 0.573 e. The third-order valence-corrected chi connectivity index (χ3v) is 2.95. The van der Waals surface area contributed by atoms with Gasteiger partial charge in [-0.15, -0.1) is 13.2 Å². The van der Waals surface area contributed by atoms with E-state index in [0.29, 0.717) is 11.1 Å². The molecule has 23 heavy (non-hydrogen) atoms. The molecule has 0 bridgehead atoms. The Morgan fingerprint density at radius 2 is 1.96 bits per heavy atom. The smallest absolute Gasteiger partial charge is 0.478 e. The first-order valence-electron chi connectivity index (χ1n) is 6.32. The van der Waals surface area contributed by atoms with Gasteiger partial charge in [0, 0.05) is 5.56 Å². The van der Waals surface area contributed by atoms with E-state index >= 15 is 0 Å². The number of aromatic nitrogens is 1. The monoisotopic (exact) mass is 323 g/mol. The number of benzene rings is 2. The topological polar surface area (TPSA) is 72.6 Å². The van der Waals surface area contributed by atoms with Crippen molar-refractivity contribution in [1.82, 2.24) is 4.98 Å². The molecule has 1 aromatic heterocycles. The van der Waals surface area contributed by atoms with Crippen LogP contribution in [0.2, 0.25) is 0 Å². The van der Waals surface area contributed by atoms with Gasteiger partial charge >= 0.3 is 12.3 Å². The molecule has 0 atom stereocenters. The fourth-order valence-electron chi connectivity index (χ4n) is 2.01. The van der Waals surface area contributed by atoms with E-state index in [2.05, 4.69) is 9.72 Å². The first-order valence-corrected chi connectivity index (χ1v) is 6.32. The predicted octanol–water partition coefficient (Wildman–Crippen LogP) is 4.09. The summed E-state index contributed by atoms with van der Waals surface area (Å²) in [5.41, 5.74) is 0.931. The molecule has 0 saturated heterocycles. The van der Waals surface area contributed by atoms with Crippen molar-refractivity contribution in [1.29, 1.82) is 0 Å². The number of aromatic carboxylic acids is 1. The van der Waals surface area contributed by atoms with Crippen molar-refractivity contribution in [2.75, 3.05) is 0 Å². The van der Waals surface area contributed by atoms with E-state index < -0.39 is 18.1 Å². The fraction of sp³-hybridized carbons (Fsp3) is 0.0667. The Balaban J connectivity index is 2.00. The van der Waals surface area contributed by atoms with Gasteiger partial charge in [0.25, 0.3) is 0 Å². The molecular formula is C15H8F3NO4. The van der Waals surface area contributed by atoms with Gasteiger partial charge in [-0.2, -0.15) is 0 Å². The third kappa shape index (κ3) is 3.25. The summed E-state index contributed by atoms with van der Waals surface area (Å²) >= 11 is 0. The average molecular weight is 323 g/mol. The van der Waals surface area contributed by atoms with Crippen LogP contribution in [0, 0.1) is 0 Å². The number of fused-ring (bicyclic) bond motifs is 1. The number of oxazole rings is 1. The van der Waals surface area contributed by atoms with Gasteiger partial charge in [-0.25, -0.2) is 9.78 Å². The molecule has 3 aromatic rings. The molecule has 2 aromatic carbocycles. The molecule has 8 heteroatoms. The molecule has 0 radical (unpaired) electrons. The molecule has 0 amide bonds. The van der Waals surface area contributed by atoms with E-state index in [9.17, 15) is 18.0 Å². The van der Waals surface area contributed by atoms with Crippen LogP contribution in [-0.4, -0.2) is 22.4 Å². The number of carboxylic acid groups (broad SMARTS) is 1. The molecule has 0 aliphatic carbocycles. The molecule has 0 unspecified atom stereocenters. The van der Waals surface area contributed by atoms with Crippen molar-refractivity contribution < 1.29 is 32.2 Å². The minimum absolute atomic E-state index is 0.0338. The minimum atomic E-state index is -4.80. The number of nitrogens with zero attached hydrogens (tertiary/aromatic N) is 1. The fourth-order valence-corrected chi connectivity index (χ4v) is 2.01. The lowest BCUT2D eigenvalue weighted by molar-refractivity contribution is -0.274. The highest BCUT2D eigenvalue weighted by Gasteiger charge is 2.31. The highest BCUT2D eigenvalue weighted by Crippen LogP contribution is 2.29. The quantitative estimate of drug-likeness (QED) is 0.786. The second-order valence-electron chi connectivity index (χ2n) is 4.58. The lowest BCUT2D eigenvalue weighted by Gasteiger charge is -2.08. The molecule has 5 nitrogen and oxygen atoms in total. The predicted molar refractivity (Wildman–Crippen MR) is 73.1 cm³/mol. The number of halogens is 3. The first-order chi connectivity index (χ1) is 10.8. The molecule has 1 heterocycles. The van der Waals surface area contributed by atoms with Crippen LogP contribution in [0.3, 0.4) is 0 Å². The number of alkyl halides is 3. The number of ether oxygens (including phenoxy) is 1. The highest BCUT2D eigenvalue weighted by atomic mass is 19.4. The lowest BCUT2D eigenvalue weighted by Crippen LogP contribution is -2.17. The van der Waals surface area contributed by atoms with Crippen molar-refractivity contribution >= 4 is 17.1 Å².